The molecule has 1 aromatic heterocycles. The summed E-state index contributed by atoms with van der Waals surface area (Å²) in [6.45, 7) is 5.23. The lowest BCUT2D eigenvalue weighted by Crippen LogP contribution is -2.44. The first-order valence-electron chi connectivity index (χ1n) is 7.50. The second-order valence-electron chi connectivity index (χ2n) is 5.76. The molecule has 0 bridgehead atoms. The van der Waals surface area contributed by atoms with Gasteiger partial charge in [-0.2, -0.15) is 0 Å². The maximum absolute atomic E-state index is 12.2. The molecule has 0 saturated carbocycles. The minimum Gasteiger partial charge on any atom is -0.423 e. The Morgan fingerprint density at radius 1 is 1.30 bits per heavy atom. The summed E-state index contributed by atoms with van der Waals surface area (Å²) >= 11 is 0. The lowest BCUT2D eigenvalue weighted by molar-refractivity contribution is -0.136. The summed E-state index contributed by atoms with van der Waals surface area (Å²) in [7, 11) is 0. The molecule has 0 aliphatic carbocycles. The predicted molar refractivity (Wildman–Crippen MR) is 89.0 cm³/mol. The van der Waals surface area contributed by atoms with Gasteiger partial charge in [-0.05, 0) is 19.1 Å². The van der Waals surface area contributed by atoms with Gasteiger partial charge in [0.2, 0.25) is 0 Å². The Balaban J connectivity index is 0.00000156. The van der Waals surface area contributed by atoms with Crippen molar-refractivity contribution < 1.29 is 9.53 Å². The van der Waals surface area contributed by atoms with E-state index in [1.54, 1.807) is 0 Å². The summed E-state index contributed by atoms with van der Waals surface area (Å²) in [4.78, 5) is 20.8. The van der Waals surface area contributed by atoms with Gasteiger partial charge in [0.15, 0.2) is 5.75 Å². The summed E-state index contributed by atoms with van der Waals surface area (Å²) in [5.74, 6) is 1.53. The molecule has 23 heavy (non-hydrogen) atoms. The third-order valence-electron chi connectivity index (χ3n) is 4.40. The Morgan fingerprint density at radius 3 is 2.91 bits per heavy atom. The molecule has 4 rings (SSSR count). The Hall–Kier alpha value is -2.05. The highest BCUT2D eigenvalue weighted by molar-refractivity contribution is 5.88. The largest absolute Gasteiger partial charge is 0.423 e. The predicted octanol–water partition coefficient (Wildman–Crippen LogP) is 1.68. The number of aromatic nitrogens is 2. The number of esters is 1. The molecule has 1 saturated heterocycles. The fraction of sp³-hybridized carbons (Fsp3) is 0.375. The van der Waals surface area contributed by atoms with Gasteiger partial charge in [-0.15, -0.1) is 12.4 Å². The fourth-order valence-electron chi connectivity index (χ4n) is 3.17. The Morgan fingerprint density at radius 2 is 2.13 bits per heavy atom. The molecule has 1 aromatic carbocycles. The number of carbonyl (C=O) groups is 1. The molecule has 0 spiro atoms. The van der Waals surface area contributed by atoms with E-state index in [4.69, 9.17) is 4.74 Å². The molecule has 0 radical (unpaired) electrons. The third kappa shape index (κ3) is 2.80. The monoisotopic (exact) mass is 334 g/mol. The zero-order valence-corrected chi connectivity index (χ0v) is 13.7. The van der Waals surface area contributed by atoms with Crippen molar-refractivity contribution in [2.75, 3.05) is 24.7 Å². The number of nitrogens with zero attached hydrogens (tertiary/aromatic N) is 4. The second-order valence-corrected chi connectivity index (χ2v) is 5.76. The molecule has 0 N–H and O–H groups in total. The average molecular weight is 335 g/mol. The van der Waals surface area contributed by atoms with Crippen molar-refractivity contribution in [2.45, 2.75) is 19.5 Å². The van der Waals surface area contributed by atoms with Crippen LogP contribution in [-0.2, 0) is 11.3 Å². The number of benzene rings is 1. The van der Waals surface area contributed by atoms with Crippen LogP contribution in [0.2, 0.25) is 0 Å². The van der Waals surface area contributed by atoms with Crippen LogP contribution in [0.3, 0.4) is 0 Å². The molecule has 2 aliphatic heterocycles. The van der Waals surface area contributed by atoms with Gasteiger partial charge in [0.05, 0.1) is 12.4 Å². The molecule has 0 amide bonds. The summed E-state index contributed by atoms with van der Waals surface area (Å²) in [5, 5.41) is 0. The number of imidazole rings is 1. The van der Waals surface area contributed by atoms with Crippen molar-refractivity contribution in [2.24, 2.45) is 0 Å². The third-order valence-corrected chi connectivity index (χ3v) is 4.40. The van der Waals surface area contributed by atoms with Crippen molar-refractivity contribution in [3.63, 3.8) is 0 Å². The van der Waals surface area contributed by atoms with E-state index < -0.39 is 0 Å². The van der Waals surface area contributed by atoms with E-state index in [0.29, 0.717) is 12.3 Å². The highest BCUT2D eigenvalue weighted by atomic mass is 35.5. The molecular formula is C16H19ClN4O2. The maximum atomic E-state index is 12.2. The molecule has 122 valence electrons. The van der Waals surface area contributed by atoms with E-state index in [9.17, 15) is 4.79 Å². The number of rotatable bonds is 3. The van der Waals surface area contributed by atoms with Crippen molar-refractivity contribution in [3.8, 4) is 5.75 Å². The van der Waals surface area contributed by atoms with Gasteiger partial charge >= 0.3 is 5.97 Å². The number of aryl methyl sites for hydroxylation is 1. The zero-order chi connectivity index (χ0) is 15.1. The minimum absolute atomic E-state index is 0. The first kappa shape index (κ1) is 15.8. The molecule has 7 heteroatoms. The van der Waals surface area contributed by atoms with Gasteiger partial charge in [-0.1, -0.05) is 12.1 Å². The van der Waals surface area contributed by atoms with E-state index >= 15 is 0 Å². The van der Waals surface area contributed by atoms with E-state index in [0.717, 1.165) is 31.3 Å². The molecule has 6 nitrogen and oxygen atoms in total. The van der Waals surface area contributed by atoms with Crippen molar-refractivity contribution in [1.29, 1.82) is 0 Å². The minimum atomic E-state index is -0.196. The van der Waals surface area contributed by atoms with Gasteiger partial charge in [-0.3, -0.25) is 4.90 Å². The molecule has 1 atom stereocenters. The summed E-state index contributed by atoms with van der Waals surface area (Å²) < 4.78 is 7.57. The highest BCUT2D eigenvalue weighted by Crippen LogP contribution is 2.36. The first-order valence-corrected chi connectivity index (χ1v) is 7.50. The van der Waals surface area contributed by atoms with Gasteiger partial charge in [0.25, 0.3) is 0 Å². The van der Waals surface area contributed by atoms with Crippen LogP contribution >= 0.6 is 12.4 Å². The topological polar surface area (TPSA) is 50.6 Å². The van der Waals surface area contributed by atoms with Gasteiger partial charge < -0.3 is 14.2 Å². The van der Waals surface area contributed by atoms with Crippen molar-refractivity contribution in [1.82, 2.24) is 14.5 Å². The van der Waals surface area contributed by atoms with Crippen LogP contribution < -0.4 is 9.64 Å². The number of hydrogen-bond acceptors (Lipinski definition) is 5. The Bertz CT molecular complexity index is 718. The summed E-state index contributed by atoms with van der Waals surface area (Å²) in [5.41, 5.74) is 1.01. The highest BCUT2D eigenvalue weighted by Gasteiger charge is 2.41. The molecular weight excluding hydrogens is 316 g/mol. The average Bonchev–Trinajstić information content (AvgIpc) is 3.12. The van der Waals surface area contributed by atoms with Crippen LogP contribution in [0.15, 0.2) is 36.7 Å². The van der Waals surface area contributed by atoms with E-state index in [2.05, 4.69) is 19.4 Å². The maximum Gasteiger partial charge on any atom is 0.335 e. The van der Waals surface area contributed by atoms with Crippen molar-refractivity contribution >= 4 is 24.1 Å². The molecule has 2 aliphatic rings. The van der Waals surface area contributed by atoms with Gasteiger partial charge in [0.1, 0.15) is 11.9 Å². The Labute approximate surface area is 141 Å². The van der Waals surface area contributed by atoms with Gasteiger partial charge in [-0.25, -0.2) is 9.78 Å². The quantitative estimate of drug-likeness (QED) is 0.631. The smallest absolute Gasteiger partial charge is 0.335 e. The lowest BCUT2D eigenvalue weighted by atomic mass is 10.2. The first-order chi connectivity index (χ1) is 10.7. The standard InChI is InChI=1S/C16H18N4O2.ClH/c1-12-17-6-7-19(12)9-8-18-10-14-16(21)22-15-5-3-2-4-13(15)20(14)11-18;/h2-7,14H,8-11H2,1H3;1H. The molecule has 1 fully saturated rings. The van der Waals surface area contributed by atoms with Crippen LogP contribution in [0.4, 0.5) is 5.69 Å². The number of halogens is 1. The van der Waals surface area contributed by atoms with Crippen LogP contribution in [0.5, 0.6) is 5.75 Å². The number of fused-ring (bicyclic) bond motifs is 3. The number of ether oxygens (including phenoxy) is 1. The number of para-hydroxylation sites is 2. The molecule has 1 unspecified atom stereocenters. The van der Waals surface area contributed by atoms with Gasteiger partial charge in [0, 0.05) is 32.0 Å². The lowest BCUT2D eigenvalue weighted by Gasteiger charge is -2.30. The molecule has 2 aromatic rings. The van der Waals surface area contributed by atoms with E-state index in [1.807, 2.05) is 43.6 Å². The van der Waals surface area contributed by atoms with Crippen molar-refractivity contribution in [3.05, 3.63) is 42.5 Å². The summed E-state index contributed by atoms with van der Waals surface area (Å²) in [6.07, 6.45) is 3.80. The van der Waals surface area contributed by atoms with E-state index in [-0.39, 0.29) is 24.4 Å². The van der Waals surface area contributed by atoms with Crippen LogP contribution in [0.1, 0.15) is 5.82 Å². The number of hydrogen-bond donors (Lipinski definition) is 0. The summed E-state index contributed by atoms with van der Waals surface area (Å²) in [6, 6.07) is 7.53. The number of anilines is 1. The number of carbonyl (C=O) groups excluding carboxylic acids is 1. The van der Waals surface area contributed by atoms with Crippen LogP contribution in [0.25, 0.3) is 0 Å². The second kappa shape index (κ2) is 6.22. The zero-order valence-electron chi connectivity index (χ0n) is 12.9. The van der Waals surface area contributed by atoms with Crippen LogP contribution in [0, 0.1) is 6.92 Å². The van der Waals surface area contributed by atoms with Crippen LogP contribution in [-0.4, -0.2) is 46.2 Å². The molecule has 3 heterocycles. The van der Waals surface area contributed by atoms with E-state index in [1.165, 1.54) is 0 Å². The SMILES string of the molecule is Cc1nccn1CCN1CC2C(=O)Oc3ccccc3N2C1.Cl. The Kier molecular flexibility index (Phi) is 4.28. The normalized spacial score (nSPS) is 19.8. The fourth-order valence-corrected chi connectivity index (χ4v) is 3.17.